The molecule has 0 aliphatic carbocycles. The fourth-order valence-corrected chi connectivity index (χ4v) is 2.67. The Balaban J connectivity index is 2.28. The van der Waals surface area contributed by atoms with Gasteiger partial charge in [0.1, 0.15) is 11.6 Å². The third-order valence-corrected chi connectivity index (χ3v) is 3.65. The number of nitrogen functional groups attached to an aromatic ring is 1. The molecule has 3 nitrogen and oxygen atoms in total. The number of hydrogen-bond donors (Lipinski definition) is 1. The smallest absolute Gasteiger partial charge is 0.143 e. The lowest BCUT2D eigenvalue weighted by atomic mass is 10.1. The zero-order valence-corrected chi connectivity index (χ0v) is 12.4. The number of imidazole rings is 1. The van der Waals surface area contributed by atoms with Crippen molar-refractivity contribution in [3.63, 3.8) is 0 Å². The van der Waals surface area contributed by atoms with Crippen LogP contribution in [0.1, 0.15) is 13.3 Å². The number of anilines is 1. The molecule has 0 saturated heterocycles. The summed E-state index contributed by atoms with van der Waals surface area (Å²) in [6.45, 7) is 2.82. The minimum atomic E-state index is -0.268. The van der Waals surface area contributed by atoms with Gasteiger partial charge in [0, 0.05) is 22.8 Å². The van der Waals surface area contributed by atoms with Gasteiger partial charge in [0.2, 0.25) is 0 Å². The van der Waals surface area contributed by atoms with E-state index in [9.17, 15) is 4.39 Å². The maximum Gasteiger partial charge on any atom is 0.143 e. The molecule has 5 heteroatoms. The molecular weight excluding hydrogens is 289 g/mol. The van der Waals surface area contributed by atoms with Crippen molar-refractivity contribution in [1.29, 1.82) is 0 Å². The summed E-state index contributed by atoms with van der Waals surface area (Å²) in [5.74, 6) is 0.474. The molecule has 0 amide bonds. The maximum absolute atomic E-state index is 13.5. The summed E-state index contributed by atoms with van der Waals surface area (Å²) in [6.07, 6.45) is 0.919. The summed E-state index contributed by atoms with van der Waals surface area (Å²) in [5, 5.41) is 0.584. The Hall–Kier alpha value is -2.07. The topological polar surface area (TPSA) is 43.8 Å². The van der Waals surface area contributed by atoms with Crippen molar-refractivity contribution < 1.29 is 4.39 Å². The average Bonchev–Trinajstić information content (AvgIpc) is 2.78. The second-order valence-corrected chi connectivity index (χ2v) is 5.39. The molecule has 0 bridgehead atoms. The molecule has 0 radical (unpaired) electrons. The van der Waals surface area contributed by atoms with Crippen molar-refractivity contribution in [3.05, 3.63) is 47.2 Å². The van der Waals surface area contributed by atoms with Crippen LogP contribution >= 0.6 is 11.6 Å². The molecule has 0 spiro atoms. The third-order valence-electron chi connectivity index (χ3n) is 3.41. The monoisotopic (exact) mass is 303 g/mol. The quantitative estimate of drug-likeness (QED) is 0.725. The molecule has 0 unspecified atom stereocenters. The molecule has 2 N–H and O–H groups in total. The van der Waals surface area contributed by atoms with E-state index in [1.54, 1.807) is 18.2 Å². The number of nitrogens with two attached hydrogens (primary N) is 1. The first-order valence-corrected chi connectivity index (χ1v) is 7.19. The van der Waals surface area contributed by atoms with Crippen LogP contribution in [0.5, 0.6) is 0 Å². The van der Waals surface area contributed by atoms with E-state index in [4.69, 9.17) is 17.3 Å². The van der Waals surface area contributed by atoms with Crippen LogP contribution in [0.3, 0.4) is 0 Å². The molecule has 0 saturated carbocycles. The number of nitrogens with zero attached hydrogens (tertiary/aromatic N) is 2. The molecule has 3 rings (SSSR count). The Morgan fingerprint density at radius 1 is 1.24 bits per heavy atom. The molecule has 1 aromatic heterocycles. The largest absolute Gasteiger partial charge is 0.398 e. The van der Waals surface area contributed by atoms with Gasteiger partial charge in [-0.25, -0.2) is 9.37 Å². The fourth-order valence-electron chi connectivity index (χ4n) is 2.49. The van der Waals surface area contributed by atoms with E-state index in [1.165, 1.54) is 12.1 Å². The molecule has 21 heavy (non-hydrogen) atoms. The highest BCUT2D eigenvalue weighted by Gasteiger charge is 2.15. The summed E-state index contributed by atoms with van der Waals surface area (Å²) >= 11 is 5.95. The first-order chi connectivity index (χ1) is 10.1. The lowest BCUT2D eigenvalue weighted by molar-refractivity contribution is 0.627. The lowest BCUT2D eigenvalue weighted by Crippen LogP contribution is -2.01. The SMILES string of the molecule is CCCn1c(-c2ccc(Cl)cc2N)nc2ccc(F)cc21. The van der Waals surface area contributed by atoms with Gasteiger partial charge in [-0.15, -0.1) is 0 Å². The van der Waals surface area contributed by atoms with Crippen molar-refractivity contribution in [2.75, 3.05) is 5.73 Å². The van der Waals surface area contributed by atoms with Gasteiger partial charge >= 0.3 is 0 Å². The number of aromatic nitrogens is 2. The zero-order chi connectivity index (χ0) is 15.0. The van der Waals surface area contributed by atoms with E-state index in [0.717, 1.165) is 35.4 Å². The van der Waals surface area contributed by atoms with Crippen LogP contribution in [-0.2, 0) is 6.54 Å². The van der Waals surface area contributed by atoms with Gasteiger partial charge in [-0.3, -0.25) is 0 Å². The summed E-state index contributed by atoms with van der Waals surface area (Å²) < 4.78 is 15.5. The molecule has 0 fully saturated rings. The average molecular weight is 304 g/mol. The van der Waals surface area contributed by atoms with Crippen LogP contribution in [0.2, 0.25) is 5.02 Å². The van der Waals surface area contributed by atoms with Crippen LogP contribution < -0.4 is 5.73 Å². The molecule has 0 aliphatic rings. The van der Waals surface area contributed by atoms with Gasteiger partial charge in [-0.1, -0.05) is 18.5 Å². The van der Waals surface area contributed by atoms with E-state index >= 15 is 0 Å². The molecule has 2 aromatic carbocycles. The van der Waals surface area contributed by atoms with Crippen LogP contribution in [0.4, 0.5) is 10.1 Å². The van der Waals surface area contributed by atoms with Crippen LogP contribution in [-0.4, -0.2) is 9.55 Å². The summed E-state index contributed by atoms with van der Waals surface area (Å²) in [4.78, 5) is 4.61. The highest BCUT2D eigenvalue weighted by atomic mass is 35.5. The number of fused-ring (bicyclic) bond motifs is 1. The van der Waals surface area contributed by atoms with E-state index in [2.05, 4.69) is 11.9 Å². The molecule has 1 heterocycles. The molecule has 3 aromatic rings. The molecule has 0 atom stereocenters. The summed E-state index contributed by atoms with van der Waals surface area (Å²) in [6, 6.07) is 9.94. The van der Waals surface area contributed by atoms with Crippen LogP contribution in [0, 0.1) is 5.82 Å². The van der Waals surface area contributed by atoms with Crippen molar-refractivity contribution in [2.45, 2.75) is 19.9 Å². The molecule has 0 aliphatic heterocycles. The van der Waals surface area contributed by atoms with Crippen LogP contribution in [0.15, 0.2) is 36.4 Å². The van der Waals surface area contributed by atoms with E-state index in [1.807, 2.05) is 10.6 Å². The predicted molar refractivity (Wildman–Crippen MR) is 84.8 cm³/mol. The van der Waals surface area contributed by atoms with Crippen molar-refractivity contribution in [3.8, 4) is 11.4 Å². The normalized spacial score (nSPS) is 11.2. The Bertz CT molecular complexity index is 811. The highest BCUT2D eigenvalue weighted by Crippen LogP contribution is 2.31. The first-order valence-electron chi connectivity index (χ1n) is 6.81. The number of rotatable bonds is 3. The Labute approximate surface area is 127 Å². The highest BCUT2D eigenvalue weighted by molar-refractivity contribution is 6.31. The molecule has 108 valence electrons. The predicted octanol–water partition coefficient (Wildman–Crippen LogP) is 4.49. The Morgan fingerprint density at radius 3 is 2.76 bits per heavy atom. The number of benzene rings is 2. The van der Waals surface area contributed by atoms with Gasteiger partial charge in [-0.05, 0) is 42.8 Å². The standard InChI is InChI=1S/C16H15ClFN3/c1-2-7-21-15-9-11(18)4-6-14(15)20-16(21)12-5-3-10(17)8-13(12)19/h3-6,8-9H,2,7,19H2,1H3. The van der Waals surface area contributed by atoms with Crippen molar-refractivity contribution >= 4 is 28.3 Å². The molecular formula is C16H15ClFN3. The minimum Gasteiger partial charge on any atom is -0.398 e. The number of hydrogen-bond acceptors (Lipinski definition) is 2. The lowest BCUT2D eigenvalue weighted by Gasteiger charge is -2.10. The fraction of sp³-hybridized carbons (Fsp3) is 0.188. The van der Waals surface area contributed by atoms with Gasteiger partial charge in [0.25, 0.3) is 0 Å². The van der Waals surface area contributed by atoms with E-state index in [0.29, 0.717) is 10.7 Å². The van der Waals surface area contributed by atoms with Gasteiger partial charge in [0.15, 0.2) is 0 Å². The van der Waals surface area contributed by atoms with E-state index in [-0.39, 0.29) is 5.82 Å². The summed E-state index contributed by atoms with van der Waals surface area (Å²) in [5.41, 5.74) is 8.97. The Morgan fingerprint density at radius 2 is 2.05 bits per heavy atom. The summed E-state index contributed by atoms with van der Waals surface area (Å²) in [7, 11) is 0. The first kappa shape index (κ1) is 13.9. The second-order valence-electron chi connectivity index (χ2n) is 4.95. The van der Waals surface area contributed by atoms with Gasteiger partial charge < -0.3 is 10.3 Å². The maximum atomic E-state index is 13.5. The Kier molecular flexibility index (Phi) is 3.55. The van der Waals surface area contributed by atoms with Crippen LogP contribution in [0.25, 0.3) is 22.4 Å². The number of aryl methyl sites for hydroxylation is 1. The second kappa shape index (κ2) is 5.37. The van der Waals surface area contributed by atoms with E-state index < -0.39 is 0 Å². The van der Waals surface area contributed by atoms with Crippen molar-refractivity contribution in [2.24, 2.45) is 0 Å². The van der Waals surface area contributed by atoms with Gasteiger partial charge in [0.05, 0.1) is 11.0 Å². The van der Waals surface area contributed by atoms with Gasteiger partial charge in [-0.2, -0.15) is 0 Å². The third kappa shape index (κ3) is 2.47. The van der Waals surface area contributed by atoms with Crippen molar-refractivity contribution in [1.82, 2.24) is 9.55 Å². The minimum absolute atomic E-state index is 0.268. The number of halogens is 2. The zero-order valence-electron chi connectivity index (χ0n) is 11.6.